The minimum atomic E-state index is 0.446. The highest BCUT2D eigenvalue weighted by Crippen LogP contribution is 2.18. The Kier molecular flexibility index (Phi) is 10.1. The van der Waals surface area contributed by atoms with E-state index in [1.54, 1.807) is 0 Å². The molecule has 0 aliphatic carbocycles. The summed E-state index contributed by atoms with van der Waals surface area (Å²) in [5.74, 6) is 3.11. The lowest BCUT2D eigenvalue weighted by molar-refractivity contribution is 0.0625. The van der Waals surface area contributed by atoms with Gasteiger partial charge >= 0.3 is 0 Å². The van der Waals surface area contributed by atoms with Crippen LogP contribution in [0.5, 0.6) is 11.6 Å². The summed E-state index contributed by atoms with van der Waals surface area (Å²) >= 11 is 0. The molecule has 7 nitrogen and oxygen atoms in total. The van der Waals surface area contributed by atoms with E-state index in [0.29, 0.717) is 25.6 Å². The molecule has 0 atom stereocenters. The van der Waals surface area contributed by atoms with E-state index in [4.69, 9.17) is 19.2 Å². The lowest BCUT2D eigenvalue weighted by Crippen LogP contribution is -2.40. The normalized spacial score (nSPS) is 14.8. The lowest BCUT2D eigenvalue weighted by atomic mass is 9.96. The molecule has 0 unspecified atom stereocenters. The molecule has 0 saturated carbocycles. The summed E-state index contributed by atoms with van der Waals surface area (Å²) in [4.78, 5) is 11.4. The second kappa shape index (κ2) is 13.6. The highest BCUT2D eigenvalue weighted by atomic mass is 16.5. The van der Waals surface area contributed by atoms with Gasteiger partial charge in [0.15, 0.2) is 5.96 Å². The molecule has 1 aromatic heterocycles. The number of benzene rings is 1. The number of hydrogen-bond donors (Lipinski definition) is 1. The van der Waals surface area contributed by atoms with Crippen molar-refractivity contribution >= 4 is 5.96 Å². The quantitative estimate of drug-likeness (QED) is 0.326. The first kappa shape index (κ1) is 23.9. The van der Waals surface area contributed by atoms with Crippen LogP contribution in [0.15, 0.2) is 53.7 Å². The van der Waals surface area contributed by atoms with E-state index >= 15 is 0 Å². The molecule has 174 valence electrons. The topological polar surface area (TPSA) is 68.2 Å². The van der Waals surface area contributed by atoms with Crippen LogP contribution in [0.25, 0.3) is 0 Å². The van der Waals surface area contributed by atoms with Crippen LogP contribution in [-0.2, 0) is 11.3 Å². The number of para-hydroxylation sites is 1. The monoisotopic (exact) mass is 440 g/mol. The summed E-state index contributed by atoms with van der Waals surface area (Å²) in [5.41, 5.74) is 1.05. The predicted molar refractivity (Wildman–Crippen MR) is 127 cm³/mol. The molecule has 1 aliphatic rings. The predicted octanol–water partition coefficient (Wildman–Crippen LogP) is 3.75. The van der Waals surface area contributed by atoms with Crippen molar-refractivity contribution in [3.63, 3.8) is 0 Å². The van der Waals surface area contributed by atoms with Crippen LogP contribution in [0.4, 0.5) is 0 Å². The van der Waals surface area contributed by atoms with E-state index in [9.17, 15) is 0 Å². The molecule has 1 N–H and O–H groups in total. The number of rotatable bonds is 11. The van der Waals surface area contributed by atoms with Crippen molar-refractivity contribution in [3.8, 4) is 11.6 Å². The van der Waals surface area contributed by atoms with Gasteiger partial charge in [0, 0.05) is 45.6 Å². The number of hydrogen-bond acceptors (Lipinski definition) is 5. The average molecular weight is 441 g/mol. The summed E-state index contributed by atoms with van der Waals surface area (Å²) in [7, 11) is 2.10. The van der Waals surface area contributed by atoms with Crippen LogP contribution < -0.4 is 14.8 Å². The van der Waals surface area contributed by atoms with Crippen LogP contribution in [0.3, 0.4) is 0 Å². The number of aromatic nitrogens is 1. The van der Waals surface area contributed by atoms with Gasteiger partial charge in [-0.3, -0.25) is 0 Å². The fraction of sp³-hybridized carbons (Fsp3) is 0.520. The first-order chi connectivity index (χ1) is 15.7. The second-order valence-corrected chi connectivity index (χ2v) is 7.95. The molecule has 0 spiro atoms. The maximum Gasteiger partial charge on any atom is 0.213 e. The fourth-order valence-corrected chi connectivity index (χ4v) is 3.57. The molecule has 7 heteroatoms. The van der Waals surface area contributed by atoms with E-state index in [0.717, 1.165) is 49.5 Å². The molecule has 1 saturated heterocycles. The number of ether oxygens (including phenoxy) is 3. The van der Waals surface area contributed by atoms with Crippen molar-refractivity contribution in [2.45, 2.75) is 32.7 Å². The lowest BCUT2D eigenvalue weighted by Gasteiger charge is -2.26. The fourth-order valence-electron chi connectivity index (χ4n) is 3.57. The van der Waals surface area contributed by atoms with E-state index in [1.807, 2.05) is 48.7 Å². The average Bonchev–Trinajstić information content (AvgIpc) is 2.85. The van der Waals surface area contributed by atoms with Gasteiger partial charge in [-0.15, -0.1) is 0 Å². The summed E-state index contributed by atoms with van der Waals surface area (Å²) in [5, 5.41) is 3.39. The third-order valence-electron chi connectivity index (χ3n) is 5.46. The second-order valence-electron chi connectivity index (χ2n) is 7.95. The molecule has 1 fully saturated rings. The third kappa shape index (κ3) is 8.38. The zero-order chi connectivity index (χ0) is 22.4. The molecular formula is C25H36N4O3. The van der Waals surface area contributed by atoms with Gasteiger partial charge in [0.2, 0.25) is 5.88 Å². The highest BCUT2D eigenvalue weighted by molar-refractivity contribution is 5.79. The van der Waals surface area contributed by atoms with Gasteiger partial charge in [0.25, 0.3) is 0 Å². The van der Waals surface area contributed by atoms with Crippen molar-refractivity contribution in [1.82, 2.24) is 15.2 Å². The number of guanidine groups is 1. The maximum absolute atomic E-state index is 5.67. The number of aliphatic imine (C=N–C) groups is 1. The van der Waals surface area contributed by atoms with Crippen LogP contribution in [0.1, 0.15) is 31.7 Å². The van der Waals surface area contributed by atoms with Gasteiger partial charge < -0.3 is 24.4 Å². The minimum Gasteiger partial charge on any atom is -0.490 e. The summed E-state index contributed by atoms with van der Waals surface area (Å²) in [6.07, 6.45) is 5.33. The maximum atomic E-state index is 5.67. The Morgan fingerprint density at radius 3 is 2.62 bits per heavy atom. The van der Waals surface area contributed by atoms with E-state index in [1.165, 1.54) is 19.3 Å². The summed E-state index contributed by atoms with van der Waals surface area (Å²) in [6.45, 7) is 7.23. The first-order valence-electron chi connectivity index (χ1n) is 11.6. The van der Waals surface area contributed by atoms with Crippen LogP contribution in [0.2, 0.25) is 0 Å². The Morgan fingerprint density at radius 2 is 1.91 bits per heavy atom. The molecular weight excluding hydrogens is 404 g/mol. The van der Waals surface area contributed by atoms with Gasteiger partial charge in [0.05, 0.1) is 6.54 Å². The molecule has 1 aromatic carbocycles. The molecule has 2 aromatic rings. The molecule has 0 radical (unpaired) electrons. The van der Waals surface area contributed by atoms with Gasteiger partial charge in [-0.1, -0.05) is 24.3 Å². The zero-order valence-electron chi connectivity index (χ0n) is 19.3. The molecule has 0 bridgehead atoms. The van der Waals surface area contributed by atoms with Crippen molar-refractivity contribution in [2.24, 2.45) is 10.9 Å². The molecule has 0 amide bonds. The summed E-state index contributed by atoms with van der Waals surface area (Å²) in [6, 6.07) is 13.6. The Labute approximate surface area is 191 Å². The standard InChI is InChI=1S/C25H36N4O3/c1-3-26-25(29(2)14-11-21-12-15-30-16-13-21)28-20-22-9-10-24(27-19-22)32-18-17-31-23-7-5-4-6-8-23/h4-10,19,21H,3,11-18,20H2,1-2H3,(H,26,28). The van der Waals surface area contributed by atoms with E-state index < -0.39 is 0 Å². The van der Waals surface area contributed by atoms with Crippen molar-refractivity contribution < 1.29 is 14.2 Å². The first-order valence-corrected chi connectivity index (χ1v) is 11.6. The van der Waals surface area contributed by atoms with Crippen molar-refractivity contribution in [1.29, 1.82) is 0 Å². The molecule has 1 aliphatic heterocycles. The minimum absolute atomic E-state index is 0.446. The smallest absolute Gasteiger partial charge is 0.213 e. The number of nitrogens with one attached hydrogen (secondary N) is 1. The molecule has 32 heavy (non-hydrogen) atoms. The highest BCUT2D eigenvalue weighted by Gasteiger charge is 2.15. The SMILES string of the molecule is CCNC(=NCc1ccc(OCCOc2ccccc2)nc1)N(C)CCC1CCOCC1. The van der Waals surface area contributed by atoms with Gasteiger partial charge in [-0.25, -0.2) is 9.98 Å². The third-order valence-corrected chi connectivity index (χ3v) is 5.46. The Bertz CT molecular complexity index is 793. The molecule has 2 heterocycles. The Balaban J connectivity index is 1.42. The molecule has 3 rings (SSSR count). The number of nitrogens with zero attached hydrogens (tertiary/aromatic N) is 3. The van der Waals surface area contributed by atoms with E-state index in [-0.39, 0.29) is 0 Å². The van der Waals surface area contributed by atoms with Gasteiger partial charge in [-0.05, 0) is 49.8 Å². The summed E-state index contributed by atoms with van der Waals surface area (Å²) < 4.78 is 16.8. The van der Waals surface area contributed by atoms with Crippen LogP contribution >= 0.6 is 0 Å². The van der Waals surface area contributed by atoms with Gasteiger partial charge in [-0.2, -0.15) is 0 Å². The Hall–Kier alpha value is -2.80. The van der Waals surface area contributed by atoms with Gasteiger partial charge in [0.1, 0.15) is 19.0 Å². The van der Waals surface area contributed by atoms with Crippen LogP contribution in [-0.4, -0.2) is 62.4 Å². The van der Waals surface area contributed by atoms with Crippen molar-refractivity contribution in [3.05, 3.63) is 54.2 Å². The Morgan fingerprint density at radius 1 is 1.12 bits per heavy atom. The van der Waals surface area contributed by atoms with Crippen LogP contribution in [0, 0.1) is 5.92 Å². The number of pyridine rings is 1. The largest absolute Gasteiger partial charge is 0.490 e. The van der Waals surface area contributed by atoms with E-state index in [2.05, 4.69) is 29.2 Å². The zero-order valence-corrected chi connectivity index (χ0v) is 19.3. The van der Waals surface area contributed by atoms with Crippen molar-refractivity contribution in [2.75, 3.05) is 46.6 Å².